The summed E-state index contributed by atoms with van der Waals surface area (Å²) < 4.78 is 25.6. The first-order valence-corrected chi connectivity index (χ1v) is 7.28. The first-order chi connectivity index (χ1) is 8.43. The van der Waals surface area contributed by atoms with Crippen LogP contribution in [0.4, 0.5) is 0 Å². The standard InChI is InChI=1S/C11H16ClNO4S/c1-2-13(7-9(15)8-14)18(16,17)11-6-4-3-5-10(11)12/h3-6,9,14-15H,2,7-8H2,1H3. The lowest BCUT2D eigenvalue weighted by atomic mass is 10.4. The number of likely N-dealkylation sites (N-methyl/N-ethyl adjacent to an activating group) is 1. The number of benzene rings is 1. The maximum absolute atomic E-state index is 12.3. The van der Waals surface area contributed by atoms with E-state index in [1.807, 2.05) is 0 Å². The van der Waals surface area contributed by atoms with Crippen LogP contribution in [0.5, 0.6) is 0 Å². The molecular weight excluding hydrogens is 278 g/mol. The van der Waals surface area contributed by atoms with Crippen molar-refractivity contribution in [2.75, 3.05) is 19.7 Å². The first-order valence-electron chi connectivity index (χ1n) is 5.47. The van der Waals surface area contributed by atoms with Crippen LogP contribution in [0.3, 0.4) is 0 Å². The molecular formula is C11H16ClNO4S. The van der Waals surface area contributed by atoms with Gasteiger partial charge >= 0.3 is 0 Å². The van der Waals surface area contributed by atoms with Crippen LogP contribution >= 0.6 is 11.6 Å². The lowest BCUT2D eigenvalue weighted by Crippen LogP contribution is -2.38. The summed E-state index contributed by atoms with van der Waals surface area (Å²) in [6.45, 7) is 1.18. The molecule has 0 fully saturated rings. The van der Waals surface area contributed by atoms with Crippen molar-refractivity contribution in [3.63, 3.8) is 0 Å². The summed E-state index contributed by atoms with van der Waals surface area (Å²) in [7, 11) is -3.76. The predicted octanol–water partition coefficient (Wildman–Crippen LogP) is 0.704. The summed E-state index contributed by atoms with van der Waals surface area (Å²) in [6, 6.07) is 6.12. The Morgan fingerprint density at radius 3 is 2.50 bits per heavy atom. The highest BCUT2D eigenvalue weighted by atomic mass is 35.5. The number of rotatable bonds is 6. The van der Waals surface area contributed by atoms with Crippen LogP contribution in [0.15, 0.2) is 29.2 Å². The van der Waals surface area contributed by atoms with Gasteiger partial charge in [-0.3, -0.25) is 0 Å². The van der Waals surface area contributed by atoms with Crippen LogP contribution in [0.1, 0.15) is 6.92 Å². The van der Waals surface area contributed by atoms with Gasteiger partial charge in [0.25, 0.3) is 0 Å². The van der Waals surface area contributed by atoms with Gasteiger partial charge in [0.2, 0.25) is 10.0 Å². The molecule has 1 rings (SSSR count). The van der Waals surface area contributed by atoms with E-state index in [1.54, 1.807) is 19.1 Å². The van der Waals surface area contributed by atoms with Gasteiger partial charge in [0.05, 0.1) is 17.7 Å². The third-order valence-electron chi connectivity index (χ3n) is 2.43. The van der Waals surface area contributed by atoms with Crippen LogP contribution < -0.4 is 0 Å². The number of sulfonamides is 1. The first kappa shape index (κ1) is 15.4. The van der Waals surface area contributed by atoms with Crippen LogP contribution in [-0.2, 0) is 10.0 Å². The molecule has 102 valence electrons. The molecule has 0 aliphatic heterocycles. The Bertz CT molecular complexity index is 492. The molecule has 1 aromatic carbocycles. The van der Waals surface area contributed by atoms with Crippen LogP contribution in [-0.4, -0.2) is 48.7 Å². The lowest BCUT2D eigenvalue weighted by Gasteiger charge is -2.22. The molecule has 0 bridgehead atoms. The average molecular weight is 294 g/mol. The van der Waals surface area contributed by atoms with Crippen molar-refractivity contribution in [2.45, 2.75) is 17.9 Å². The number of hydrogen-bond donors (Lipinski definition) is 2. The second kappa shape index (κ2) is 6.49. The minimum absolute atomic E-state index is 0.00124. The highest BCUT2D eigenvalue weighted by molar-refractivity contribution is 7.89. The van der Waals surface area contributed by atoms with Crippen LogP contribution in [0.2, 0.25) is 5.02 Å². The molecule has 0 saturated carbocycles. The summed E-state index contributed by atoms with van der Waals surface area (Å²) in [6.07, 6.45) is -1.11. The second-order valence-electron chi connectivity index (χ2n) is 3.72. The zero-order valence-corrected chi connectivity index (χ0v) is 11.5. The van der Waals surface area contributed by atoms with E-state index in [1.165, 1.54) is 12.1 Å². The molecule has 1 atom stereocenters. The molecule has 0 saturated heterocycles. The number of nitrogens with zero attached hydrogens (tertiary/aromatic N) is 1. The quantitative estimate of drug-likeness (QED) is 0.809. The normalized spacial score (nSPS) is 13.8. The van der Waals surface area contributed by atoms with Crippen molar-refractivity contribution in [3.8, 4) is 0 Å². The minimum Gasteiger partial charge on any atom is -0.394 e. The Kier molecular flexibility index (Phi) is 5.55. The molecule has 0 aromatic heterocycles. The molecule has 0 spiro atoms. The monoisotopic (exact) mass is 293 g/mol. The molecule has 1 unspecified atom stereocenters. The van der Waals surface area contributed by atoms with Gasteiger partial charge in [-0.1, -0.05) is 30.7 Å². The van der Waals surface area contributed by atoms with Crippen molar-refractivity contribution in [1.82, 2.24) is 4.31 Å². The molecule has 0 aliphatic carbocycles. The topological polar surface area (TPSA) is 77.8 Å². The molecule has 1 aromatic rings. The highest BCUT2D eigenvalue weighted by Gasteiger charge is 2.26. The third kappa shape index (κ3) is 3.43. The number of halogens is 1. The molecule has 0 amide bonds. The van der Waals surface area contributed by atoms with Crippen LogP contribution in [0.25, 0.3) is 0 Å². The van der Waals surface area contributed by atoms with Gasteiger partial charge in [0.1, 0.15) is 4.90 Å². The van der Waals surface area contributed by atoms with Gasteiger partial charge in [0.15, 0.2) is 0 Å². The Hall–Kier alpha value is -0.660. The Morgan fingerprint density at radius 1 is 1.39 bits per heavy atom. The van der Waals surface area contributed by atoms with Crippen molar-refractivity contribution in [3.05, 3.63) is 29.3 Å². The lowest BCUT2D eigenvalue weighted by molar-refractivity contribution is 0.0795. The van der Waals surface area contributed by atoms with E-state index in [0.29, 0.717) is 0 Å². The molecule has 5 nitrogen and oxygen atoms in total. The summed E-state index contributed by atoms with van der Waals surface area (Å²) >= 11 is 5.86. The molecule has 18 heavy (non-hydrogen) atoms. The van der Waals surface area contributed by atoms with Crippen LogP contribution in [0, 0.1) is 0 Å². The minimum atomic E-state index is -3.76. The SMILES string of the molecule is CCN(CC(O)CO)S(=O)(=O)c1ccccc1Cl. The van der Waals surface area contributed by atoms with E-state index in [9.17, 15) is 13.5 Å². The maximum atomic E-state index is 12.3. The van der Waals surface area contributed by atoms with Crippen molar-refractivity contribution >= 4 is 21.6 Å². The van der Waals surface area contributed by atoms with Crippen molar-refractivity contribution < 1.29 is 18.6 Å². The Balaban J connectivity index is 3.08. The van der Waals surface area contributed by atoms with E-state index in [2.05, 4.69) is 0 Å². The summed E-state index contributed by atoms with van der Waals surface area (Å²) in [5.74, 6) is 0. The van der Waals surface area contributed by atoms with Gasteiger partial charge in [-0.05, 0) is 12.1 Å². The number of aliphatic hydroxyl groups is 2. The molecule has 0 radical (unpaired) electrons. The van der Waals surface area contributed by atoms with Crippen molar-refractivity contribution in [2.24, 2.45) is 0 Å². The molecule has 0 aliphatic rings. The molecule has 2 N–H and O–H groups in total. The second-order valence-corrected chi connectivity index (χ2v) is 6.04. The fourth-order valence-electron chi connectivity index (χ4n) is 1.48. The van der Waals surface area contributed by atoms with E-state index in [4.69, 9.17) is 16.7 Å². The summed E-state index contributed by atoms with van der Waals surface area (Å²) in [5, 5.41) is 18.3. The fourth-order valence-corrected chi connectivity index (χ4v) is 3.46. The maximum Gasteiger partial charge on any atom is 0.244 e. The number of hydrogen-bond acceptors (Lipinski definition) is 4. The Labute approximate surface area is 112 Å². The highest BCUT2D eigenvalue weighted by Crippen LogP contribution is 2.24. The van der Waals surface area contributed by atoms with Gasteiger partial charge in [-0.25, -0.2) is 8.42 Å². The smallest absolute Gasteiger partial charge is 0.244 e. The van der Waals surface area contributed by atoms with E-state index in [0.717, 1.165) is 4.31 Å². The zero-order valence-electron chi connectivity index (χ0n) is 9.95. The average Bonchev–Trinajstić information content (AvgIpc) is 2.35. The Morgan fingerprint density at radius 2 is 2.00 bits per heavy atom. The largest absolute Gasteiger partial charge is 0.394 e. The van der Waals surface area contributed by atoms with Gasteiger partial charge in [0, 0.05) is 13.1 Å². The summed E-state index contributed by atoms with van der Waals surface area (Å²) in [4.78, 5) is -0.00124. The van der Waals surface area contributed by atoms with Gasteiger partial charge in [-0.15, -0.1) is 0 Å². The summed E-state index contributed by atoms with van der Waals surface area (Å²) in [5.41, 5.74) is 0. The molecule has 0 heterocycles. The third-order valence-corrected chi connectivity index (χ3v) is 4.87. The van der Waals surface area contributed by atoms with E-state index >= 15 is 0 Å². The van der Waals surface area contributed by atoms with E-state index < -0.39 is 22.7 Å². The zero-order chi connectivity index (χ0) is 13.8. The number of aliphatic hydroxyl groups excluding tert-OH is 2. The molecule has 7 heteroatoms. The van der Waals surface area contributed by atoms with E-state index in [-0.39, 0.29) is 23.0 Å². The predicted molar refractivity (Wildman–Crippen MR) is 69.0 cm³/mol. The van der Waals surface area contributed by atoms with Gasteiger partial charge in [-0.2, -0.15) is 4.31 Å². The van der Waals surface area contributed by atoms with Crippen molar-refractivity contribution in [1.29, 1.82) is 0 Å². The van der Waals surface area contributed by atoms with Gasteiger partial charge < -0.3 is 10.2 Å². The fraction of sp³-hybridized carbons (Fsp3) is 0.455.